The molecular formula is C32H24N6NaO8S2+. The molecule has 0 atom stereocenters. The molecule has 0 saturated heterocycles. The molecule has 0 aliphatic heterocycles. The summed E-state index contributed by atoms with van der Waals surface area (Å²) in [6.07, 6.45) is 2.73. The second-order valence-electron chi connectivity index (χ2n) is 10.6. The van der Waals surface area contributed by atoms with E-state index in [0.717, 1.165) is 23.3 Å². The number of aromatic nitrogens is 2. The van der Waals surface area contributed by atoms with E-state index in [0.29, 0.717) is 22.5 Å². The van der Waals surface area contributed by atoms with Gasteiger partial charge in [0.05, 0.1) is 11.4 Å². The van der Waals surface area contributed by atoms with Crippen LogP contribution >= 0.6 is 0 Å². The van der Waals surface area contributed by atoms with E-state index in [1.807, 2.05) is 12.1 Å². The molecule has 0 aliphatic carbocycles. The third-order valence-corrected chi connectivity index (χ3v) is 9.22. The molecule has 4 aromatic carbocycles. The van der Waals surface area contributed by atoms with Gasteiger partial charge in [-0.2, -0.15) is 27.1 Å². The van der Waals surface area contributed by atoms with E-state index in [-0.39, 0.29) is 62.7 Å². The zero-order chi connectivity index (χ0) is 34.4. The molecule has 0 fully saturated rings. The number of benzene rings is 4. The zero-order valence-electron chi connectivity index (χ0n) is 26.0. The number of phenolic OH excluding ortho intramolecular Hbond substituents is 2. The van der Waals surface area contributed by atoms with Gasteiger partial charge in [-0.25, -0.2) is 0 Å². The van der Waals surface area contributed by atoms with Crippen molar-refractivity contribution in [2.24, 2.45) is 20.5 Å². The molecule has 0 unspecified atom stereocenters. The summed E-state index contributed by atoms with van der Waals surface area (Å²) in [4.78, 5) is 7.11. The minimum atomic E-state index is -4.65. The van der Waals surface area contributed by atoms with Crippen LogP contribution in [0, 0.1) is 13.8 Å². The normalized spacial score (nSPS) is 12.2. The summed E-state index contributed by atoms with van der Waals surface area (Å²) < 4.78 is 67.3. The van der Waals surface area contributed by atoms with E-state index < -0.39 is 41.5 Å². The van der Waals surface area contributed by atoms with Crippen LogP contribution in [0.1, 0.15) is 11.1 Å². The molecule has 242 valence electrons. The second kappa shape index (κ2) is 13.7. The number of rotatable bonds is 7. The molecule has 49 heavy (non-hydrogen) atoms. The Morgan fingerprint density at radius 1 is 0.551 bits per heavy atom. The number of pyridine rings is 2. The van der Waals surface area contributed by atoms with Crippen molar-refractivity contribution in [2.75, 3.05) is 0 Å². The third kappa shape index (κ3) is 7.20. The van der Waals surface area contributed by atoms with Crippen LogP contribution in [-0.4, -0.2) is 46.1 Å². The Balaban J connectivity index is 0.00000468. The van der Waals surface area contributed by atoms with Gasteiger partial charge in [-0.05, 0) is 96.8 Å². The molecular weight excluding hydrogens is 684 g/mol. The summed E-state index contributed by atoms with van der Waals surface area (Å²) in [5, 5.41) is 37.9. The Labute approximate surface area is 301 Å². The molecule has 2 aromatic heterocycles. The summed E-state index contributed by atoms with van der Waals surface area (Å²) in [5.41, 5.74) is 3.43. The molecule has 4 N–H and O–H groups in total. The van der Waals surface area contributed by atoms with Crippen molar-refractivity contribution in [3.05, 3.63) is 96.3 Å². The van der Waals surface area contributed by atoms with E-state index >= 15 is 0 Å². The molecule has 0 spiro atoms. The van der Waals surface area contributed by atoms with Gasteiger partial charge in [0.2, 0.25) is 0 Å². The molecule has 6 rings (SSSR count). The molecule has 2 heterocycles. The fraction of sp³-hybridized carbons (Fsp3) is 0.0625. The van der Waals surface area contributed by atoms with Crippen LogP contribution in [0.2, 0.25) is 0 Å². The first-order valence-electron chi connectivity index (χ1n) is 13.9. The maximum atomic E-state index is 12.0. The van der Waals surface area contributed by atoms with Crippen LogP contribution in [0.25, 0.3) is 32.9 Å². The fourth-order valence-electron chi connectivity index (χ4n) is 5.06. The number of aryl methyl sites for hydroxylation is 2. The summed E-state index contributed by atoms with van der Waals surface area (Å²) in [6, 6.07) is 18.5. The van der Waals surface area contributed by atoms with Crippen molar-refractivity contribution < 1.29 is 65.7 Å². The van der Waals surface area contributed by atoms with Gasteiger partial charge < -0.3 is 10.2 Å². The number of hydrogen-bond acceptors (Lipinski definition) is 12. The van der Waals surface area contributed by atoms with Crippen molar-refractivity contribution in [2.45, 2.75) is 23.6 Å². The third-order valence-electron chi connectivity index (χ3n) is 7.43. The second-order valence-corrected chi connectivity index (χ2v) is 13.4. The van der Waals surface area contributed by atoms with E-state index in [9.17, 15) is 36.2 Å². The largest absolute Gasteiger partial charge is 1.00 e. The van der Waals surface area contributed by atoms with Crippen molar-refractivity contribution in [1.29, 1.82) is 0 Å². The first-order valence-corrected chi connectivity index (χ1v) is 16.8. The van der Waals surface area contributed by atoms with Gasteiger partial charge in [0.1, 0.15) is 32.2 Å². The van der Waals surface area contributed by atoms with E-state index in [1.54, 1.807) is 38.1 Å². The topological polar surface area (TPSA) is 224 Å². The average Bonchev–Trinajstić information content (AvgIpc) is 3.04. The quantitative estimate of drug-likeness (QED) is 0.101. The maximum Gasteiger partial charge on any atom is 1.00 e. The molecule has 0 aliphatic rings. The monoisotopic (exact) mass is 707 g/mol. The van der Waals surface area contributed by atoms with Crippen LogP contribution in [0.3, 0.4) is 0 Å². The number of fused-ring (bicyclic) bond motifs is 2. The summed E-state index contributed by atoms with van der Waals surface area (Å²) in [7, 11) is -9.30. The first kappa shape index (κ1) is 35.6. The van der Waals surface area contributed by atoms with Crippen molar-refractivity contribution in [1.82, 2.24) is 9.97 Å². The minimum Gasteiger partial charge on any atom is -0.504 e. The predicted octanol–water partition coefficient (Wildman–Crippen LogP) is 4.81. The van der Waals surface area contributed by atoms with Crippen LogP contribution in [0.4, 0.5) is 22.7 Å². The first-order chi connectivity index (χ1) is 22.7. The summed E-state index contributed by atoms with van der Waals surface area (Å²) in [5.74, 6) is -0.787. The summed E-state index contributed by atoms with van der Waals surface area (Å²) >= 11 is 0. The Morgan fingerprint density at radius 2 is 0.918 bits per heavy atom. The van der Waals surface area contributed by atoms with Crippen molar-refractivity contribution in [3.8, 4) is 22.6 Å². The predicted molar refractivity (Wildman–Crippen MR) is 176 cm³/mol. The minimum absolute atomic E-state index is 0. The molecule has 14 nitrogen and oxygen atoms in total. The SMILES string of the molecule is Cc1cc(-c2ccc(N=Nc3cc(S(=O)(=O)O)c4cccnc4c3O)c(C)c2)ccc1N=Nc1cc(S(=O)(=O)O)c2cccnc2c1O.[Na+]. The van der Waals surface area contributed by atoms with Gasteiger partial charge >= 0.3 is 29.6 Å². The average molecular weight is 708 g/mol. The van der Waals surface area contributed by atoms with E-state index in [1.165, 1.54) is 36.7 Å². The van der Waals surface area contributed by atoms with Gasteiger partial charge in [-0.3, -0.25) is 19.1 Å². The molecule has 0 bridgehead atoms. The molecule has 17 heteroatoms. The smallest absolute Gasteiger partial charge is 0.504 e. The number of phenols is 2. The molecule has 0 amide bonds. The van der Waals surface area contributed by atoms with Gasteiger partial charge in [-0.15, -0.1) is 10.2 Å². The summed E-state index contributed by atoms with van der Waals surface area (Å²) in [6.45, 7) is 3.59. The Kier molecular flexibility index (Phi) is 9.94. The maximum absolute atomic E-state index is 12.0. The van der Waals surface area contributed by atoms with Gasteiger partial charge in [0, 0.05) is 23.2 Å². The Morgan fingerprint density at radius 3 is 1.27 bits per heavy atom. The fourth-order valence-corrected chi connectivity index (χ4v) is 6.46. The number of azo groups is 2. The number of hydrogen-bond donors (Lipinski definition) is 4. The number of aromatic hydroxyl groups is 2. The molecule has 0 radical (unpaired) electrons. The van der Waals surface area contributed by atoms with Crippen LogP contribution in [-0.2, 0) is 20.2 Å². The van der Waals surface area contributed by atoms with Gasteiger partial charge in [0.15, 0.2) is 11.5 Å². The van der Waals surface area contributed by atoms with Crippen LogP contribution in [0.5, 0.6) is 11.5 Å². The molecule has 0 saturated carbocycles. The zero-order valence-corrected chi connectivity index (χ0v) is 29.6. The van der Waals surface area contributed by atoms with Crippen LogP contribution < -0.4 is 29.6 Å². The van der Waals surface area contributed by atoms with Gasteiger partial charge in [-0.1, -0.05) is 12.1 Å². The van der Waals surface area contributed by atoms with Gasteiger partial charge in [0.25, 0.3) is 20.2 Å². The number of nitrogens with zero attached hydrogens (tertiary/aromatic N) is 6. The standard InChI is InChI=1S/C32H24N6O8S2.Na/c1-17-13-19(7-9-23(17)35-37-25-15-27(47(41,42)43)21-5-3-11-33-29(21)31(25)39)20-8-10-24(18(2)14-20)36-38-26-16-28(48(44,45)46)22-6-4-12-34-30(22)32(26)40;/h3-16,39-40H,1-2H3,(H,41,42,43)(H,44,45,46);/q;+1. The Bertz CT molecular complexity index is 2400. The van der Waals surface area contributed by atoms with Crippen LogP contribution in [0.15, 0.2) is 115 Å². The van der Waals surface area contributed by atoms with E-state index in [4.69, 9.17) is 0 Å². The van der Waals surface area contributed by atoms with E-state index in [2.05, 4.69) is 30.4 Å². The van der Waals surface area contributed by atoms with Crippen molar-refractivity contribution in [3.63, 3.8) is 0 Å². The Hall–Kier alpha value is -4.68. The molecule has 6 aromatic rings. The van der Waals surface area contributed by atoms with Crippen molar-refractivity contribution >= 4 is 64.8 Å².